The number of benzene rings is 3. The number of hydrogen-bond donors (Lipinski definition) is 1. The number of hydrogen-bond acceptors (Lipinski definition) is 2. The molecule has 0 aromatic heterocycles. The molecule has 0 heterocycles. The molecule has 0 aliphatic carbocycles. The van der Waals surface area contributed by atoms with Gasteiger partial charge in [0.25, 0.3) is 0 Å². The Labute approximate surface area is 162 Å². The van der Waals surface area contributed by atoms with Crippen molar-refractivity contribution < 1.29 is 9.13 Å². The molecule has 3 aromatic rings. The molecule has 1 N–H and O–H groups in total. The second kappa shape index (κ2) is 8.86. The molecule has 3 aromatic carbocycles. The first kappa shape index (κ1) is 18.5. The quantitative estimate of drug-likeness (QED) is 0.487. The van der Waals surface area contributed by atoms with Crippen LogP contribution in [0.2, 0.25) is 0 Å². The van der Waals surface area contributed by atoms with Gasteiger partial charge >= 0.3 is 0 Å². The van der Waals surface area contributed by atoms with E-state index >= 15 is 0 Å². The van der Waals surface area contributed by atoms with Gasteiger partial charge in [-0.15, -0.1) is 0 Å². The van der Waals surface area contributed by atoms with E-state index in [9.17, 15) is 4.39 Å². The molecular formula is C22H21BrFNO. The molecule has 0 saturated heterocycles. The van der Waals surface area contributed by atoms with Crippen LogP contribution in [0.4, 0.5) is 10.1 Å². The summed E-state index contributed by atoms with van der Waals surface area (Å²) < 4.78 is 20.3. The van der Waals surface area contributed by atoms with Gasteiger partial charge in [0.2, 0.25) is 0 Å². The van der Waals surface area contributed by atoms with Crippen LogP contribution in [0.25, 0.3) is 0 Å². The lowest BCUT2D eigenvalue weighted by molar-refractivity contribution is 0.298. The van der Waals surface area contributed by atoms with Gasteiger partial charge in [0, 0.05) is 17.8 Å². The highest BCUT2D eigenvalue weighted by Gasteiger charge is 2.06. The van der Waals surface area contributed by atoms with Crippen LogP contribution in [-0.4, -0.2) is 0 Å². The summed E-state index contributed by atoms with van der Waals surface area (Å²) in [5.41, 5.74) is 4.14. The van der Waals surface area contributed by atoms with Crippen LogP contribution in [-0.2, 0) is 19.6 Å². The molecule has 2 nitrogen and oxygen atoms in total. The minimum Gasteiger partial charge on any atom is -0.488 e. The molecule has 0 atom stereocenters. The van der Waals surface area contributed by atoms with Gasteiger partial charge in [0.15, 0.2) is 0 Å². The number of ether oxygens (including phenoxy) is 1. The van der Waals surface area contributed by atoms with E-state index in [4.69, 9.17) is 4.74 Å². The van der Waals surface area contributed by atoms with Crippen LogP contribution in [0.1, 0.15) is 23.6 Å². The van der Waals surface area contributed by atoms with Gasteiger partial charge in [-0.05, 0) is 57.7 Å². The van der Waals surface area contributed by atoms with Gasteiger partial charge in [-0.1, -0.05) is 49.4 Å². The van der Waals surface area contributed by atoms with E-state index in [1.807, 2.05) is 24.3 Å². The number of para-hydroxylation sites is 1. The summed E-state index contributed by atoms with van der Waals surface area (Å²) in [5.74, 6) is 0.449. The number of halogens is 2. The largest absolute Gasteiger partial charge is 0.488 e. The van der Waals surface area contributed by atoms with Crippen LogP contribution in [0.5, 0.6) is 5.75 Å². The summed E-state index contributed by atoms with van der Waals surface area (Å²) in [4.78, 5) is 0. The van der Waals surface area contributed by atoms with E-state index in [0.717, 1.165) is 28.7 Å². The summed E-state index contributed by atoms with van der Waals surface area (Å²) in [6.45, 7) is 3.08. The standard InChI is InChI=1S/C22H21BrFNO/c1-2-17-7-4-6-10-21(17)25-14-16-11-12-22(19(23)13-16)26-15-18-8-3-5-9-20(18)24/h3-13,25H,2,14-15H2,1H3. The zero-order valence-electron chi connectivity index (χ0n) is 14.6. The number of aryl methyl sites for hydroxylation is 1. The fourth-order valence-corrected chi connectivity index (χ4v) is 3.28. The maximum absolute atomic E-state index is 13.7. The van der Waals surface area contributed by atoms with Crippen molar-refractivity contribution in [3.8, 4) is 5.75 Å². The third-order valence-corrected chi connectivity index (χ3v) is 4.84. The van der Waals surface area contributed by atoms with E-state index in [0.29, 0.717) is 11.3 Å². The Morgan fingerprint density at radius 3 is 2.42 bits per heavy atom. The smallest absolute Gasteiger partial charge is 0.134 e. The van der Waals surface area contributed by atoms with Gasteiger partial charge in [-0.3, -0.25) is 0 Å². The third kappa shape index (κ3) is 4.64. The summed E-state index contributed by atoms with van der Waals surface area (Å²) in [6.07, 6.45) is 0.996. The first-order valence-corrected chi connectivity index (χ1v) is 9.43. The van der Waals surface area contributed by atoms with Crippen molar-refractivity contribution in [1.29, 1.82) is 0 Å². The fourth-order valence-electron chi connectivity index (χ4n) is 2.74. The van der Waals surface area contributed by atoms with Crippen molar-refractivity contribution in [1.82, 2.24) is 0 Å². The number of nitrogens with one attached hydrogen (secondary N) is 1. The lowest BCUT2D eigenvalue weighted by Crippen LogP contribution is -2.03. The van der Waals surface area contributed by atoms with Crippen molar-refractivity contribution in [3.63, 3.8) is 0 Å². The van der Waals surface area contributed by atoms with Gasteiger partial charge in [-0.2, -0.15) is 0 Å². The normalized spacial score (nSPS) is 10.6. The topological polar surface area (TPSA) is 21.3 Å². The van der Waals surface area contributed by atoms with Crippen molar-refractivity contribution in [2.45, 2.75) is 26.5 Å². The molecule has 134 valence electrons. The second-order valence-electron chi connectivity index (χ2n) is 6.01. The molecule has 3 rings (SSSR count). The molecule has 0 spiro atoms. The van der Waals surface area contributed by atoms with E-state index in [-0.39, 0.29) is 12.4 Å². The number of rotatable bonds is 7. The van der Waals surface area contributed by atoms with Gasteiger partial charge in [0.05, 0.1) is 4.47 Å². The summed E-state index contributed by atoms with van der Waals surface area (Å²) in [5, 5.41) is 3.48. The van der Waals surface area contributed by atoms with Crippen molar-refractivity contribution in [3.05, 3.63) is 93.7 Å². The van der Waals surface area contributed by atoms with E-state index in [1.165, 1.54) is 11.6 Å². The van der Waals surface area contributed by atoms with Crippen molar-refractivity contribution in [2.75, 3.05) is 5.32 Å². The van der Waals surface area contributed by atoms with Gasteiger partial charge in [0.1, 0.15) is 18.2 Å². The molecule has 0 amide bonds. The Bertz CT molecular complexity index is 882. The molecule has 0 radical (unpaired) electrons. The van der Waals surface area contributed by atoms with Crippen molar-refractivity contribution >= 4 is 21.6 Å². The Morgan fingerprint density at radius 2 is 1.69 bits per heavy atom. The van der Waals surface area contributed by atoms with E-state index in [2.05, 4.69) is 46.4 Å². The fraction of sp³-hybridized carbons (Fsp3) is 0.182. The molecule has 26 heavy (non-hydrogen) atoms. The first-order chi connectivity index (χ1) is 12.7. The second-order valence-corrected chi connectivity index (χ2v) is 6.86. The lowest BCUT2D eigenvalue weighted by Gasteiger charge is -2.13. The van der Waals surface area contributed by atoms with Gasteiger partial charge < -0.3 is 10.1 Å². The van der Waals surface area contributed by atoms with Crippen LogP contribution < -0.4 is 10.1 Å². The van der Waals surface area contributed by atoms with Crippen LogP contribution in [0.15, 0.2) is 71.2 Å². The van der Waals surface area contributed by atoms with E-state index in [1.54, 1.807) is 18.2 Å². The molecule has 0 fully saturated rings. The SMILES string of the molecule is CCc1ccccc1NCc1ccc(OCc2ccccc2F)c(Br)c1. The summed E-state index contributed by atoms with van der Waals surface area (Å²) in [6, 6.07) is 20.9. The highest BCUT2D eigenvalue weighted by atomic mass is 79.9. The Balaban J connectivity index is 1.63. The molecular weight excluding hydrogens is 393 g/mol. The molecule has 4 heteroatoms. The average Bonchev–Trinajstić information content (AvgIpc) is 2.67. The molecule has 0 bridgehead atoms. The zero-order valence-corrected chi connectivity index (χ0v) is 16.2. The summed E-state index contributed by atoms with van der Waals surface area (Å²) in [7, 11) is 0. The maximum atomic E-state index is 13.7. The third-order valence-electron chi connectivity index (χ3n) is 4.22. The minimum absolute atomic E-state index is 0.201. The number of anilines is 1. The van der Waals surface area contributed by atoms with Crippen molar-refractivity contribution in [2.24, 2.45) is 0 Å². The highest BCUT2D eigenvalue weighted by molar-refractivity contribution is 9.10. The highest BCUT2D eigenvalue weighted by Crippen LogP contribution is 2.28. The summed E-state index contributed by atoms with van der Waals surface area (Å²) >= 11 is 3.55. The van der Waals surface area contributed by atoms with Crippen LogP contribution in [0.3, 0.4) is 0 Å². The van der Waals surface area contributed by atoms with Crippen LogP contribution >= 0.6 is 15.9 Å². The van der Waals surface area contributed by atoms with Gasteiger partial charge in [-0.25, -0.2) is 4.39 Å². The average molecular weight is 414 g/mol. The predicted octanol–water partition coefficient (Wildman–Crippen LogP) is 6.34. The van der Waals surface area contributed by atoms with E-state index < -0.39 is 0 Å². The Morgan fingerprint density at radius 1 is 0.962 bits per heavy atom. The molecule has 0 aliphatic heterocycles. The molecule has 0 unspecified atom stereocenters. The molecule has 0 saturated carbocycles. The maximum Gasteiger partial charge on any atom is 0.134 e. The molecule has 0 aliphatic rings. The minimum atomic E-state index is -0.251. The first-order valence-electron chi connectivity index (χ1n) is 8.63. The Hall–Kier alpha value is -2.33. The lowest BCUT2D eigenvalue weighted by atomic mass is 10.1. The van der Waals surface area contributed by atoms with Crippen LogP contribution in [0, 0.1) is 5.82 Å². The Kier molecular flexibility index (Phi) is 6.29. The predicted molar refractivity (Wildman–Crippen MR) is 108 cm³/mol. The zero-order chi connectivity index (χ0) is 18.4. The monoisotopic (exact) mass is 413 g/mol.